The van der Waals surface area contributed by atoms with Crippen molar-refractivity contribution in [2.75, 3.05) is 19.8 Å². The van der Waals surface area contributed by atoms with Gasteiger partial charge in [-0.05, 0) is 41.5 Å². The van der Waals surface area contributed by atoms with Crippen LogP contribution < -0.4 is 10.1 Å². The molecular weight excluding hydrogens is 326 g/mol. The monoisotopic (exact) mass is 353 g/mol. The van der Waals surface area contributed by atoms with Crippen molar-refractivity contribution in [3.8, 4) is 5.75 Å². The molecule has 0 bridgehead atoms. The lowest BCUT2D eigenvalue weighted by molar-refractivity contribution is -0.126. The molecular formula is C22H27NO3. The van der Waals surface area contributed by atoms with Gasteiger partial charge in [-0.1, -0.05) is 56.3 Å². The van der Waals surface area contributed by atoms with Crippen LogP contribution in [-0.2, 0) is 14.9 Å². The van der Waals surface area contributed by atoms with Crippen molar-refractivity contribution < 1.29 is 14.3 Å². The third-order valence-electron chi connectivity index (χ3n) is 4.93. The van der Waals surface area contributed by atoms with E-state index in [1.165, 1.54) is 11.1 Å². The Balaban J connectivity index is 1.44. The number of carbonyl (C=O) groups is 1. The highest BCUT2D eigenvalue weighted by molar-refractivity contribution is 5.77. The number of ether oxygens (including phenoxy) is 2. The number of carbonyl (C=O) groups excluding carboxylic acids is 1. The van der Waals surface area contributed by atoms with E-state index in [1.807, 2.05) is 36.4 Å². The molecule has 26 heavy (non-hydrogen) atoms. The first-order valence-electron chi connectivity index (χ1n) is 9.21. The number of amides is 1. The molecule has 0 radical (unpaired) electrons. The summed E-state index contributed by atoms with van der Waals surface area (Å²) in [7, 11) is 0. The maximum absolute atomic E-state index is 12.2. The summed E-state index contributed by atoms with van der Waals surface area (Å²) in [5.41, 5.74) is 2.71. The van der Waals surface area contributed by atoms with Crippen LogP contribution in [0.3, 0.4) is 0 Å². The first-order chi connectivity index (χ1) is 12.6. The fourth-order valence-corrected chi connectivity index (χ4v) is 3.50. The van der Waals surface area contributed by atoms with Crippen molar-refractivity contribution in [1.82, 2.24) is 5.32 Å². The molecule has 0 saturated heterocycles. The van der Waals surface area contributed by atoms with Crippen LogP contribution in [0, 0.1) is 0 Å². The predicted molar refractivity (Wildman–Crippen MR) is 102 cm³/mol. The minimum absolute atomic E-state index is 0.0558. The van der Waals surface area contributed by atoms with Crippen LogP contribution in [0.2, 0.25) is 0 Å². The van der Waals surface area contributed by atoms with Gasteiger partial charge in [-0.25, -0.2) is 0 Å². The van der Waals surface area contributed by atoms with E-state index in [4.69, 9.17) is 9.47 Å². The molecule has 2 aromatic carbocycles. The van der Waals surface area contributed by atoms with Crippen LogP contribution in [-0.4, -0.2) is 25.7 Å². The summed E-state index contributed by atoms with van der Waals surface area (Å²) >= 11 is 0. The number of fused-ring (bicyclic) bond motifs is 1. The van der Waals surface area contributed by atoms with Crippen molar-refractivity contribution in [1.29, 1.82) is 0 Å². The molecule has 4 nitrogen and oxygen atoms in total. The molecule has 3 rings (SSSR count). The van der Waals surface area contributed by atoms with Crippen molar-refractivity contribution in [3.63, 3.8) is 0 Å². The van der Waals surface area contributed by atoms with E-state index in [2.05, 4.69) is 37.4 Å². The van der Waals surface area contributed by atoms with Crippen molar-refractivity contribution in [3.05, 3.63) is 65.7 Å². The van der Waals surface area contributed by atoms with E-state index >= 15 is 0 Å². The number of hydrogen-bond acceptors (Lipinski definition) is 3. The lowest BCUT2D eigenvalue weighted by Gasteiger charge is -2.37. The highest BCUT2D eigenvalue weighted by Crippen LogP contribution is 2.41. The number of hydrogen-bond donors (Lipinski definition) is 1. The van der Waals surface area contributed by atoms with Crippen molar-refractivity contribution in [2.45, 2.75) is 38.1 Å². The third-order valence-corrected chi connectivity index (χ3v) is 4.93. The van der Waals surface area contributed by atoms with Crippen molar-refractivity contribution >= 4 is 5.91 Å². The van der Waals surface area contributed by atoms with Gasteiger partial charge in [0.1, 0.15) is 19.0 Å². The van der Waals surface area contributed by atoms with Crippen molar-refractivity contribution in [2.24, 2.45) is 0 Å². The smallest absolute Gasteiger partial charge is 0.246 e. The lowest BCUT2D eigenvalue weighted by Crippen LogP contribution is -2.37. The summed E-state index contributed by atoms with van der Waals surface area (Å²) < 4.78 is 11.0. The van der Waals surface area contributed by atoms with Crippen LogP contribution in [0.4, 0.5) is 0 Å². The molecule has 1 aliphatic rings. The third kappa shape index (κ3) is 4.64. The Labute approximate surface area is 155 Å². The van der Waals surface area contributed by atoms with E-state index in [1.54, 1.807) is 0 Å². The maximum Gasteiger partial charge on any atom is 0.246 e. The summed E-state index contributed by atoms with van der Waals surface area (Å²) in [6, 6.07) is 18.1. The molecule has 1 aliphatic carbocycles. The highest BCUT2D eigenvalue weighted by Gasteiger charge is 2.32. The Morgan fingerprint density at radius 3 is 2.62 bits per heavy atom. The van der Waals surface area contributed by atoms with Crippen LogP contribution in [0.15, 0.2) is 54.6 Å². The second-order valence-electron chi connectivity index (χ2n) is 7.34. The highest BCUT2D eigenvalue weighted by atomic mass is 16.5. The van der Waals surface area contributed by atoms with Gasteiger partial charge in [-0.2, -0.15) is 0 Å². The molecule has 0 aliphatic heterocycles. The largest absolute Gasteiger partial charge is 0.491 e. The average Bonchev–Trinajstić information content (AvgIpc) is 2.65. The molecule has 1 unspecified atom stereocenters. The Kier molecular flexibility index (Phi) is 5.94. The van der Waals surface area contributed by atoms with E-state index in [0.717, 1.165) is 18.6 Å². The Bertz CT molecular complexity index is 727. The van der Waals surface area contributed by atoms with Gasteiger partial charge in [0.25, 0.3) is 0 Å². The summed E-state index contributed by atoms with van der Waals surface area (Å²) in [5, 5.41) is 3.12. The van der Waals surface area contributed by atoms with Gasteiger partial charge >= 0.3 is 0 Å². The van der Waals surface area contributed by atoms with Gasteiger partial charge in [-0.15, -0.1) is 0 Å². The SMILES string of the molecule is CC1(C)CCC(NC(=O)COCCOc2ccccc2)c2ccccc21. The van der Waals surface area contributed by atoms with E-state index in [0.29, 0.717) is 13.2 Å². The Morgan fingerprint density at radius 2 is 1.81 bits per heavy atom. The molecule has 0 fully saturated rings. The van der Waals surface area contributed by atoms with Crippen LogP contribution >= 0.6 is 0 Å². The van der Waals surface area contributed by atoms with E-state index < -0.39 is 0 Å². The van der Waals surface area contributed by atoms with Gasteiger partial charge < -0.3 is 14.8 Å². The van der Waals surface area contributed by atoms with Crippen LogP contribution in [0.1, 0.15) is 43.9 Å². The summed E-state index contributed by atoms with van der Waals surface area (Å²) in [4.78, 5) is 12.2. The maximum atomic E-state index is 12.2. The zero-order valence-electron chi connectivity index (χ0n) is 15.5. The van der Waals surface area contributed by atoms with Gasteiger partial charge in [0, 0.05) is 0 Å². The number of nitrogens with one attached hydrogen (secondary N) is 1. The summed E-state index contributed by atoms with van der Waals surface area (Å²) in [6.45, 7) is 5.40. The molecule has 138 valence electrons. The van der Waals surface area contributed by atoms with E-state index in [-0.39, 0.29) is 24.0 Å². The molecule has 1 amide bonds. The van der Waals surface area contributed by atoms with Crippen LogP contribution in [0.5, 0.6) is 5.75 Å². The van der Waals surface area contributed by atoms with Gasteiger partial charge in [0.15, 0.2) is 0 Å². The second kappa shape index (κ2) is 8.37. The first-order valence-corrected chi connectivity index (χ1v) is 9.21. The van der Waals surface area contributed by atoms with Gasteiger partial charge in [0.2, 0.25) is 5.91 Å². The molecule has 1 N–H and O–H groups in total. The minimum Gasteiger partial charge on any atom is -0.491 e. The molecule has 0 aromatic heterocycles. The van der Waals surface area contributed by atoms with E-state index in [9.17, 15) is 4.79 Å². The molecule has 4 heteroatoms. The first kappa shape index (κ1) is 18.5. The molecule has 0 saturated carbocycles. The normalized spacial score (nSPS) is 18.0. The fourth-order valence-electron chi connectivity index (χ4n) is 3.50. The lowest BCUT2D eigenvalue weighted by atomic mass is 9.71. The number of para-hydroxylation sites is 1. The van der Waals surface area contributed by atoms with Gasteiger partial charge in [0.05, 0.1) is 12.6 Å². The standard InChI is InChI=1S/C22H27NO3/c1-22(2)13-12-20(18-10-6-7-11-19(18)22)23-21(24)16-25-14-15-26-17-8-4-3-5-9-17/h3-11,20H,12-16H2,1-2H3,(H,23,24). The minimum atomic E-state index is -0.0794. The van der Waals surface area contributed by atoms with Gasteiger partial charge in [-0.3, -0.25) is 4.79 Å². The Morgan fingerprint density at radius 1 is 1.08 bits per heavy atom. The van der Waals surface area contributed by atoms with Crippen LogP contribution in [0.25, 0.3) is 0 Å². The topological polar surface area (TPSA) is 47.6 Å². The fraction of sp³-hybridized carbons (Fsp3) is 0.409. The molecule has 0 heterocycles. The average molecular weight is 353 g/mol. The summed E-state index contributed by atoms with van der Waals surface area (Å²) in [5.74, 6) is 0.728. The molecule has 0 spiro atoms. The zero-order valence-corrected chi connectivity index (χ0v) is 15.5. The predicted octanol–water partition coefficient (Wildman–Crippen LogP) is 4.01. The quantitative estimate of drug-likeness (QED) is 0.765. The molecule has 1 atom stereocenters. The molecule has 2 aromatic rings. The second-order valence-corrected chi connectivity index (χ2v) is 7.34. The zero-order chi connectivity index (χ0) is 18.4. The number of rotatable bonds is 7. The number of benzene rings is 2. The summed E-state index contributed by atoms with van der Waals surface area (Å²) in [6.07, 6.45) is 2.01. The Hall–Kier alpha value is -2.33.